The zero-order chi connectivity index (χ0) is 16.4. The Morgan fingerprint density at radius 3 is 2.43 bits per heavy atom. The molecule has 0 aliphatic rings. The number of benzene rings is 1. The van der Waals surface area contributed by atoms with Crippen LogP contribution in [-0.2, 0) is 22.1 Å². The number of phenolic OH excluding ortho intramolecular Hbond substituents is 1. The second kappa shape index (κ2) is 6.64. The van der Waals surface area contributed by atoms with Gasteiger partial charge in [-0.15, -0.1) is 0 Å². The van der Waals surface area contributed by atoms with Crippen LogP contribution in [0.1, 0.15) is 25.0 Å². The standard InChI is InChI=1S/C13H14ClF3O4/c1-6(18)11(21-7(2)19)5-8-3-9(13(15,16)17)12(20)10(14)4-8/h3-4,7,11,19-20H,5H2,1-2H3/t7?,11-/m1/s1. The molecule has 1 aromatic rings. The summed E-state index contributed by atoms with van der Waals surface area (Å²) >= 11 is 5.57. The van der Waals surface area contributed by atoms with Crippen molar-refractivity contribution in [3.63, 3.8) is 0 Å². The average molecular weight is 327 g/mol. The van der Waals surface area contributed by atoms with Gasteiger partial charge in [-0.1, -0.05) is 11.6 Å². The first kappa shape index (κ1) is 17.7. The number of carbonyl (C=O) groups excluding carboxylic acids is 1. The lowest BCUT2D eigenvalue weighted by molar-refractivity contribution is -0.152. The van der Waals surface area contributed by atoms with Crippen molar-refractivity contribution in [3.8, 4) is 5.75 Å². The van der Waals surface area contributed by atoms with E-state index in [-0.39, 0.29) is 12.0 Å². The molecule has 0 bridgehead atoms. The smallest absolute Gasteiger partial charge is 0.420 e. The number of Topliss-reactive ketones (excluding diaryl/α,β-unsaturated/α-hetero) is 1. The lowest BCUT2D eigenvalue weighted by Gasteiger charge is -2.18. The number of carbonyl (C=O) groups is 1. The van der Waals surface area contributed by atoms with Crippen molar-refractivity contribution >= 4 is 17.4 Å². The van der Waals surface area contributed by atoms with E-state index >= 15 is 0 Å². The van der Waals surface area contributed by atoms with E-state index in [2.05, 4.69) is 0 Å². The van der Waals surface area contributed by atoms with Crippen LogP contribution >= 0.6 is 11.6 Å². The lowest BCUT2D eigenvalue weighted by atomic mass is 10.0. The highest BCUT2D eigenvalue weighted by Gasteiger charge is 2.35. The van der Waals surface area contributed by atoms with E-state index in [9.17, 15) is 23.1 Å². The van der Waals surface area contributed by atoms with Gasteiger partial charge in [-0.2, -0.15) is 13.2 Å². The summed E-state index contributed by atoms with van der Waals surface area (Å²) in [7, 11) is 0. The van der Waals surface area contributed by atoms with Crippen molar-refractivity contribution in [2.75, 3.05) is 0 Å². The maximum Gasteiger partial charge on any atom is 0.420 e. The quantitative estimate of drug-likeness (QED) is 0.816. The molecule has 0 aliphatic heterocycles. The largest absolute Gasteiger partial charge is 0.506 e. The Balaban J connectivity index is 3.14. The van der Waals surface area contributed by atoms with E-state index in [1.807, 2.05) is 0 Å². The number of rotatable bonds is 5. The van der Waals surface area contributed by atoms with Gasteiger partial charge in [0.05, 0.1) is 10.6 Å². The van der Waals surface area contributed by atoms with E-state index in [0.29, 0.717) is 6.07 Å². The molecule has 118 valence electrons. The van der Waals surface area contributed by atoms with Crippen LogP contribution in [0.5, 0.6) is 5.75 Å². The van der Waals surface area contributed by atoms with Crippen molar-refractivity contribution in [1.29, 1.82) is 0 Å². The van der Waals surface area contributed by atoms with Gasteiger partial charge in [-0.05, 0) is 31.5 Å². The van der Waals surface area contributed by atoms with Crippen molar-refractivity contribution < 1.29 is 32.9 Å². The minimum absolute atomic E-state index is 0.0611. The predicted molar refractivity (Wildman–Crippen MR) is 69.1 cm³/mol. The van der Waals surface area contributed by atoms with Gasteiger partial charge in [0.1, 0.15) is 11.9 Å². The first-order valence-corrected chi connectivity index (χ1v) is 6.32. The number of halogens is 4. The Kier molecular flexibility index (Phi) is 5.61. The maximum absolute atomic E-state index is 12.8. The van der Waals surface area contributed by atoms with E-state index in [1.54, 1.807) is 0 Å². The predicted octanol–water partition coefficient (Wildman–Crippen LogP) is 2.92. The van der Waals surface area contributed by atoms with E-state index < -0.39 is 40.7 Å². The summed E-state index contributed by atoms with van der Waals surface area (Å²) < 4.78 is 43.2. The highest BCUT2D eigenvalue weighted by Crippen LogP contribution is 2.40. The van der Waals surface area contributed by atoms with Gasteiger partial charge in [-0.3, -0.25) is 4.79 Å². The van der Waals surface area contributed by atoms with Gasteiger partial charge >= 0.3 is 6.18 Å². The van der Waals surface area contributed by atoms with Crippen LogP contribution in [0.4, 0.5) is 13.2 Å². The van der Waals surface area contributed by atoms with E-state index in [1.165, 1.54) is 13.8 Å². The first-order valence-electron chi connectivity index (χ1n) is 5.95. The second-order valence-electron chi connectivity index (χ2n) is 4.51. The number of ether oxygens (including phenoxy) is 1. The van der Waals surface area contributed by atoms with Crippen LogP contribution in [0.2, 0.25) is 5.02 Å². The van der Waals surface area contributed by atoms with Gasteiger partial charge in [-0.25, -0.2) is 0 Å². The first-order chi connectivity index (χ1) is 9.52. The van der Waals surface area contributed by atoms with Crippen molar-refractivity contribution in [2.24, 2.45) is 0 Å². The Hall–Kier alpha value is -1.31. The summed E-state index contributed by atoms with van der Waals surface area (Å²) in [6, 6.07) is 1.82. The molecule has 4 nitrogen and oxygen atoms in total. The van der Waals surface area contributed by atoms with Crippen molar-refractivity contribution in [2.45, 2.75) is 38.8 Å². The van der Waals surface area contributed by atoms with Crippen molar-refractivity contribution in [1.82, 2.24) is 0 Å². The summed E-state index contributed by atoms with van der Waals surface area (Å²) in [6.45, 7) is 2.47. The molecule has 1 unspecified atom stereocenters. The number of aliphatic hydroxyl groups excluding tert-OH is 1. The Morgan fingerprint density at radius 1 is 1.43 bits per heavy atom. The van der Waals surface area contributed by atoms with Gasteiger partial charge in [0.15, 0.2) is 12.1 Å². The summed E-state index contributed by atoms with van der Waals surface area (Å²) in [5.41, 5.74) is -1.23. The van der Waals surface area contributed by atoms with Crippen LogP contribution < -0.4 is 0 Å². The molecule has 1 aromatic carbocycles. The Morgan fingerprint density at radius 2 is 2.00 bits per heavy atom. The summed E-state index contributed by atoms with van der Waals surface area (Å²) in [5.74, 6) is -1.52. The number of alkyl halides is 3. The molecular formula is C13H14ClF3O4. The average Bonchev–Trinajstić information content (AvgIpc) is 2.30. The number of hydrogen-bond acceptors (Lipinski definition) is 4. The van der Waals surface area contributed by atoms with Crippen LogP contribution in [0.3, 0.4) is 0 Å². The number of ketones is 1. The Bertz CT molecular complexity index is 529. The minimum atomic E-state index is -4.78. The molecule has 21 heavy (non-hydrogen) atoms. The molecule has 0 amide bonds. The third kappa shape index (κ3) is 4.87. The number of phenols is 1. The fourth-order valence-corrected chi connectivity index (χ4v) is 1.97. The molecule has 2 N–H and O–H groups in total. The third-order valence-corrected chi connectivity index (χ3v) is 2.95. The van der Waals surface area contributed by atoms with E-state index in [0.717, 1.165) is 6.07 Å². The van der Waals surface area contributed by atoms with Gasteiger partial charge in [0, 0.05) is 6.42 Å². The molecule has 0 heterocycles. The molecule has 0 radical (unpaired) electrons. The Labute approximate surface area is 124 Å². The molecule has 0 saturated heterocycles. The molecule has 1 rings (SSSR count). The highest BCUT2D eigenvalue weighted by atomic mass is 35.5. The fourth-order valence-electron chi connectivity index (χ4n) is 1.73. The molecular weight excluding hydrogens is 313 g/mol. The number of aromatic hydroxyl groups is 1. The molecule has 0 fully saturated rings. The molecule has 0 aromatic heterocycles. The zero-order valence-electron chi connectivity index (χ0n) is 11.2. The molecule has 0 saturated carbocycles. The number of hydrogen-bond donors (Lipinski definition) is 2. The lowest BCUT2D eigenvalue weighted by Crippen LogP contribution is -2.28. The number of aliphatic hydroxyl groups is 1. The summed E-state index contributed by atoms with van der Waals surface area (Å²) in [4.78, 5) is 11.4. The molecule has 0 spiro atoms. The highest BCUT2D eigenvalue weighted by molar-refractivity contribution is 6.32. The van der Waals surface area contributed by atoms with Crippen LogP contribution in [0.25, 0.3) is 0 Å². The normalized spacial score (nSPS) is 14.8. The molecule has 8 heteroatoms. The molecule has 2 atom stereocenters. The topological polar surface area (TPSA) is 66.8 Å². The van der Waals surface area contributed by atoms with Crippen LogP contribution in [0, 0.1) is 0 Å². The summed E-state index contributed by atoms with van der Waals surface area (Å²) in [6.07, 6.45) is -7.33. The monoisotopic (exact) mass is 326 g/mol. The molecule has 0 aliphatic carbocycles. The van der Waals surface area contributed by atoms with Crippen LogP contribution in [-0.4, -0.2) is 28.4 Å². The SMILES string of the molecule is CC(=O)[C@@H](Cc1cc(Cl)c(O)c(C(F)(F)F)c1)OC(C)O. The van der Waals surface area contributed by atoms with Gasteiger partial charge in [0.2, 0.25) is 0 Å². The second-order valence-corrected chi connectivity index (χ2v) is 4.92. The minimum Gasteiger partial charge on any atom is -0.506 e. The van der Waals surface area contributed by atoms with Gasteiger partial charge in [0.25, 0.3) is 0 Å². The van der Waals surface area contributed by atoms with Gasteiger partial charge < -0.3 is 14.9 Å². The fraction of sp³-hybridized carbons (Fsp3) is 0.462. The van der Waals surface area contributed by atoms with Crippen LogP contribution in [0.15, 0.2) is 12.1 Å². The van der Waals surface area contributed by atoms with E-state index in [4.69, 9.17) is 21.4 Å². The van der Waals surface area contributed by atoms with Crippen molar-refractivity contribution in [3.05, 3.63) is 28.3 Å². The third-order valence-electron chi connectivity index (χ3n) is 2.66. The summed E-state index contributed by atoms with van der Waals surface area (Å²) in [5, 5.41) is 18.0. The zero-order valence-corrected chi connectivity index (χ0v) is 12.0. The maximum atomic E-state index is 12.8.